The minimum Gasteiger partial charge on any atom is -0.468 e. The van der Waals surface area contributed by atoms with Crippen LogP contribution in [0.2, 0.25) is 0 Å². The van der Waals surface area contributed by atoms with Gasteiger partial charge in [-0.25, -0.2) is 0 Å². The molecule has 1 aliphatic heterocycles. The first-order valence-corrected chi connectivity index (χ1v) is 9.47. The molecule has 1 aliphatic rings. The predicted molar refractivity (Wildman–Crippen MR) is 109 cm³/mol. The first-order valence-electron chi connectivity index (χ1n) is 9.47. The molecule has 4 aromatic rings. The van der Waals surface area contributed by atoms with Gasteiger partial charge in [0, 0.05) is 27.9 Å². The molecule has 0 amide bonds. The second kappa shape index (κ2) is 6.46. The number of pyridine rings is 1. The van der Waals surface area contributed by atoms with Gasteiger partial charge in [-0.15, -0.1) is 0 Å². The second-order valence-electron chi connectivity index (χ2n) is 7.32. The van der Waals surface area contributed by atoms with E-state index < -0.39 is 6.04 Å². The minimum absolute atomic E-state index is 0.0182. The normalized spacial score (nSPS) is 21.6. The summed E-state index contributed by atoms with van der Waals surface area (Å²) in [5.41, 5.74) is 5.11. The predicted octanol–water partition coefficient (Wildman–Crippen LogP) is 4.05. The van der Waals surface area contributed by atoms with Crippen molar-refractivity contribution in [1.82, 2.24) is 15.3 Å². The number of rotatable bonds is 2. The van der Waals surface area contributed by atoms with Crippen molar-refractivity contribution in [2.45, 2.75) is 24.9 Å². The smallest absolute Gasteiger partial charge is 0.323 e. The van der Waals surface area contributed by atoms with Crippen LogP contribution in [-0.2, 0) is 9.53 Å². The van der Waals surface area contributed by atoms with Gasteiger partial charge in [0.1, 0.15) is 6.04 Å². The molecule has 2 N–H and O–H groups in total. The highest BCUT2D eigenvalue weighted by Crippen LogP contribution is 2.41. The van der Waals surface area contributed by atoms with Crippen LogP contribution in [0.4, 0.5) is 0 Å². The molecule has 3 atom stereocenters. The van der Waals surface area contributed by atoms with Crippen LogP contribution < -0.4 is 5.32 Å². The summed E-state index contributed by atoms with van der Waals surface area (Å²) in [4.78, 5) is 21.0. The molecule has 2 aromatic carbocycles. The van der Waals surface area contributed by atoms with Gasteiger partial charge in [0.2, 0.25) is 0 Å². The summed E-state index contributed by atoms with van der Waals surface area (Å²) in [6, 6.07) is 19.7. The fraction of sp³-hybridized carbons (Fsp3) is 0.217. The van der Waals surface area contributed by atoms with Crippen molar-refractivity contribution >= 4 is 27.8 Å². The van der Waals surface area contributed by atoms with E-state index in [-0.39, 0.29) is 17.9 Å². The van der Waals surface area contributed by atoms with Crippen molar-refractivity contribution in [3.63, 3.8) is 0 Å². The average Bonchev–Trinajstić information content (AvgIpc) is 3.13. The molecule has 28 heavy (non-hydrogen) atoms. The van der Waals surface area contributed by atoms with E-state index in [1.807, 2.05) is 42.5 Å². The Morgan fingerprint density at radius 1 is 1.04 bits per heavy atom. The van der Waals surface area contributed by atoms with Crippen molar-refractivity contribution in [2.75, 3.05) is 7.11 Å². The van der Waals surface area contributed by atoms with Gasteiger partial charge in [-0.1, -0.05) is 49.4 Å². The molecule has 1 unspecified atom stereocenters. The lowest BCUT2D eigenvalue weighted by Gasteiger charge is -2.34. The van der Waals surface area contributed by atoms with Crippen molar-refractivity contribution in [1.29, 1.82) is 0 Å². The lowest BCUT2D eigenvalue weighted by atomic mass is 9.84. The van der Waals surface area contributed by atoms with Crippen molar-refractivity contribution in [3.05, 3.63) is 77.6 Å². The van der Waals surface area contributed by atoms with E-state index in [9.17, 15) is 4.79 Å². The van der Waals surface area contributed by atoms with Crippen LogP contribution in [0, 0.1) is 0 Å². The Labute approximate surface area is 162 Å². The molecule has 2 aromatic heterocycles. The molecule has 5 nitrogen and oxygen atoms in total. The van der Waals surface area contributed by atoms with E-state index in [1.165, 1.54) is 7.11 Å². The molecule has 0 radical (unpaired) electrons. The topological polar surface area (TPSA) is 67.0 Å². The number of carbonyl (C=O) groups excluding carboxylic acids is 1. The van der Waals surface area contributed by atoms with Crippen molar-refractivity contribution < 1.29 is 9.53 Å². The maximum atomic E-state index is 12.5. The average molecular weight is 371 g/mol. The highest BCUT2D eigenvalue weighted by molar-refractivity contribution is 5.88. The quantitative estimate of drug-likeness (QED) is 0.522. The zero-order valence-electron chi connectivity index (χ0n) is 15.8. The molecule has 0 aliphatic carbocycles. The van der Waals surface area contributed by atoms with Crippen LogP contribution in [0.15, 0.2) is 60.7 Å². The van der Waals surface area contributed by atoms with E-state index >= 15 is 0 Å². The summed E-state index contributed by atoms with van der Waals surface area (Å²) < 4.78 is 5.09. The van der Waals surface area contributed by atoms with Crippen LogP contribution >= 0.6 is 0 Å². The monoisotopic (exact) mass is 371 g/mol. The van der Waals surface area contributed by atoms with Gasteiger partial charge in [0.15, 0.2) is 0 Å². The molecular formula is C23H21N3O2. The van der Waals surface area contributed by atoms with Crippen LogP contribution in [-0.4, -0.2) is 29.1 Å². The number of carbonyl (C=O) groups is 1. The molecule has 0 fully saturated rings. The minimum atomic E-state index is -0.435. The SMILES string of the molecule is COC(=O)[C@H]1NC(c2ccc3ccccc3n2)c2[nH]c3ccccc3c2[C@H]1C. The molecule has 0 bridgehead atoms. The molecule has 0 spiro atoms. The number of methoxy groups -OCH3 is 1. The standard InChI is InChI=1S/C23H21N3O2/c1-13-19-15-8-4-6-10-17(15)25-22(19)21(26-20(13)23(27)28-2)18-12-11-14-7-3-5-9-16(14)24-18/h3-13,20-21,25-26H,1-2H3/t13-,20+,21?/m1/s1. The lowest BCUT2D eigenvalue weighted by molar-refractivity contribution is -0.144. The Hall–Kier alpha value is -3.18. The maximum absolute atomic E-state index is 12.5. The summed E-state index contributed by atoms with van der Waals surface area (Å²) >= 11 is 0. The Kier molecular flexibility index (Phi) is 3.91. The summed E-state index contributed by atoms with van der Waals surface area (Å²) in [6.45, 7) is 2.07. The fourth-order valence-corrected chi connectivity index (χ4v) is 4.35. The van der Waals surface area contributed by atoms with Crippen molar-refractivity contribution in [3.8, 4) is 0 Å². The van der Waals surface area contributed by atoms with Gasteiger partial charge in [-0.3, -0.25) is 15.1 Å². The third-order valence-corrected chi connectivity index (χ3v) is 5.74. The summed E-state index contributed by atoms with van der Waals surface area (Å²) in [7, 11) is 1.44. The third kappa shape index (κ3) is 2.51. The summed E-state index contributed by atoms with van der Waals surface area (Å²) in [6.07, 6.45) is 0. The fourth-order valence-electron chi connectivity index (χ4n) is 4.35. The number of H-pyrrole nitrogens is 1. The molecule has 0 saturated heterocycles. The number of hydrogen-bond donors (Lipinski definition) is 2. The molecule has 0 saturated carbocycles. The molecule has 140 valence electrons. The first kappa shape index (κ1) is 17.0. The highest BCUT2D eigenvalue weighted by atomic mass is 16.5. The number of hydrogen-bond acceptors (Lipinski definition) is 4. The Bertz CT molecular complexity index is 1200. The van der Waals surface area contributed by atoms with Gasteiger partial charge in [0.05, 0.1) is 24.4 Å². The van der Waals surface area contributed by atoms with Crippen LogP contribution in [0.25, 0.3) is 21.8 Å². The largest absolute Gasteiger partial charge is 0.468 e. The molecule has 5 heteroatoms. The number of aromatic amines is 1. The van der Waals surface area contributed by atoms with Crippen LogP contribution in [0.5, 0.6) is 0 Å². The van der Waals surface area contributed by atoms with E-state index in [0.717, 1.165) is 38.8 Å². The van der Waals surface area contributed by atoms with E-state index in [0.29, 0.717) is 0 Å². The number of fused-ring (bicyclic) bond motifs is 4. The van der Waals surface area contributed by atoms with Crippen LogP contribution in [0.3, 0.4) is 0 Å². The van der Waals surface area contributed by atoms with Gasteiger partial charge in [-0.05, 0) is 23.8 Å². The number of aromatic nitrogens is 2. The van der Waals surface area contributed by atoms with Gasteiger partial charge in [-0.2, -0.15) is 0 Å². The Balaban J connectivity index is 1.72. The number of esters is 1. The van der Waals surface area contributed by atoms with E-state index in [1.54, 1.807) is 0 Å². The van der Waals surface area contributed by atoms with E-state index in [4.69, 9.17) is 9.72 Å². The third-order valence-electron chi connectivity index (χ3n) is 5.74. The Morgan fingerprint density at radius 2 is 1.82 bits per heavy atom. The number of nitrogens with zero attached hydrogens (tertiary/aromatic N) is 1. The van der Waals surface area contributed by atoms with Gasteiger partial charge < -0.3 is 9.72 Å². The number of nitrogens with one attached hydrogen (secondary N) is 2. The molecular weight excluding hydrogens is 350 g/mol. The van der Waals surface area contributed by atoms with Gasteiger partial charge in [0.25, 0.3) is 0 Å². The molecule has 3 heterocycles. The lowest BCUT2D eigenvalue weighted by Crippen LogP contribution is -2.47. The number of benzene rings is 2. The maximum Gasteiger partial charge on any atom is 0.323 e. The summed E-state index contributed by atoms with van der Waals surface area (Å²) in [5, 5.41) is 5.72. The number of para-hydroxylation sites is 2. The zero-order valence-corrected chi connectivity index (χ0v) is 15.8. The van der Waals surface area contributed by atoms with E-state index in [2.05, 4.69) is 35.4 Å². The second-order valence-corrected chi connectivity index (χ2v) is 7.32. The van der Waals surface area contributed by atoms with Crippen LogP contribution in [0.1, 0.15) is 35.8 Å². The zero-order chi connectivity index (χ0) is 19.3. The van der Waals surface area contributed by atoms with Crippen molar-refractivity contribution in [2.24, 2.45) is 0 Å². The summed E-state index contributed by atoms with van der Waals surface area (Å²) in [5.74, 6) is -0.274. The first-order chi connectivity index (χ1) is 13.7. The van der Waals surface area contributed by atoms with Gasteiger partial charge >= 0.3 is 5.97 Å². The molecule has 5 rings (SSSR count). The number of ether oxygens (including phenoxy) is 1. The Morgan fingerprint density at radius 3 is 2.68 bits per heavy atom. The highest BCUT2D eigenvalue weighted by Gasteiger charge is 2.40.